The monoisotopic (exact) mass is 417 g/mol. The Bertz CT molecular complexity index is 1230. The number of hydrogen-bond acceptors (Lipinski definition) is 5. The molecule has 0 aliphatic rings. The van der Waals surface area contributed by atoms with E-state index in [4.69, 9.17) is 0 Å². The van der Waals surface area contributed by atoms with Crippen LogP contribution in [0.15, 0.2) is 53.9 Å². The highest BCUT2D eigenvalue weighted by Crippen LogP contribution is 2.27. The summed E-state index contributed by atoms with van der Waals surface area (Å²) in [4.78, 5) is 21.3. The molecule has 0 fully saturated rings. The van der Waals surface area contributed by atoms with E-state index in [2.05, 4.69) is 52.4 Å². The molecule has 0 saturated carbocycles. The second kappa shape index (κ2) is 8.28. The summed E-state index contributed by atoms with van der Waals surface area (Å²) in [6.07, 6.45) is 3.28. The number of thioether (sulfide) groups is 1. The van der Waals surface area contributed by atoms with Gasteiger partial charge in [-0.05, 0) is 62.6 Å². The molecule has 0 atom stereocenters. The minimum Gasteiger partial charge on any atom is -0.325 e. The largest absolute Gasteiger partial charge is 0.325 e. The number of benzene rings is 2. The van der Waals surface area contributed by atoms with Gasteiger partial charge in [-0.1, -0.05) is 35.5 Å². The molecule has 2 heterocycles. The molecule has 2 aromatic heterocycles. The quantitative estimate of drug-likeness (QED) is 0.374. The summed E-state index contributed by atoms with van der Waals surface area (Å²) in [6, 6.07) is 12.2. The number of anilines is 1. The van der Waals surface area contributed by atoms with E-state index in [9.17, 15) is 4.79 Å². The van der Waals surface area contributed by atoms with Gasteiger partial charge in [0, 0.05) is 5.69 Å². The molecule has 4 rings (SSSR count). The Morgan fingerprint density at radius 2 is 1.77 bits per heavy atom. The lowest BCUT2D eigenvalue weighted by Gasteiger charge is -2.09. The fourth-order valence-corrected chi connectivity index (χ4v) is 4.30. The number of amides is 1. The lowest BCUT2D eigenvalue weighted by molar-refractivity contribution is -0.113. The van der Waals surface area contributed by atoms with Crippen molar-refractivity contribution in [3.8, 4) is 5.69 Å². The van der Waals surface area contributed by atoms with E-state index in [0.29, 0.717) is 0 Å². The lowest BCUT2D eigenvalue weighted by atomic mass is 10.1. The summed E-state index contributed by atoms with van der Waals surface area (Å²) in [5, 5.41) is 9.07. The zero-order valence-electron chi connectivity index (χ0n) is 17.4. The molecule has 0 bridgehead atoms. The van der Waals surface area contributed by atoms with Crippen molar-refractivity contribution in [3.63, 3.8) is 0 Å². The van der Waals surface area contributed by atoms with Crippen molar-refractivity contribution in [2.75, 3.05) is 11.1 Å². The fraction of sp³-hybridized carbons (Fsp3) is 0.217. The van der Waals surface area contributed by atoms with Gasteiger partial charge in [-0.25, -0.2) is 14.6 Å². The van der Waals surface area contributed by atoms with Crippen LogP contribution in [0.3, 0.4) is 0 Å². The Morgan fingerprint density at radius 3 is 2.50 bits per heavy atom. The van der Waals surface area contributed by atoms with Crippen LogP contribution >= 0.6 is 11.8 Å². The molecule has 0 spiro atoms. The second-order valence-electron chi connectivity index (χ2n) is 7.48. The zero-order valence-corrected chi connectivity index (χ0v) is 18.2. The van der Waals surface area contributed by atoms with Crippen molar-refractivity contribution < 1.29 is 4.79 Å². The van der Waals surface area contributed by atoms with Crippen molar-refractivity contribution in [2.45, 2.75) is 32.7 Å². The molecule has 0 radical (unpaired) electrons. The van der Waals surface area contributed by atoms with Gasteiger partial charge in [0.15, 0.2) is 5.65 Å². The molecule has 0 aliphatic heterocycles. The van der Waals surface area contributed by atoms with Crippen LogP contribution in [0, 0.1) is 27.7 Å². The highest BCUT2D eigenvalue weighted by Gasteiger charge is 2.14. The first-order valence-corrected chi connectivity index (χ1v) is 10.7. The zero-order chi connectivity index (χ0) is 21.3. The van der Waals surface area contributed by atoms with Crippen LogP contribution in [-0.4, -0.2) is 31.4 Å². The molecule has 152 valence electrons. The van der Waals surface area contributed by atoms with E-state index in [1.54, 1.807) is 6.20 Å². The summed E-state index contributed by atoms with van der Waals surface area (Å²) in [6.45, 7) is 8.16. The maximum absolute atomic E-state index is 12.5. The van der Waals surface area contributed by atoms with Crippen molar-refractivity contribution in [3.05, 3.63) is 71.2 Å². The Morgan fingerprint density at radius 1 is 1.00 bits per heavy atom. The molecule has 1 N–H and O–H groups in total. The highest BCUT2D eigenvalue weighted by molar-refractivity contribution is 8.00. The van der Waals surface area contributed by atoms with Crippen molar-refractivity contribution in [1.82, 2.24) is 19.7 Å². The third-order valence-electron chi connectivity index (χ3n) is 4.76. The van der Waals surface area contributed by atoms with Gasteiger partial charge in [0.05, 0.1) is 23.0 Å². The first-order chi connectivity index (χ1) is 14.4. The topological polar surface area (TPSA) is 72.7 Å². The standard InChI is InChI=1S/C23H23N5OS/c1-14-5-6-20(17(4)8-14)28-22-19(11-26-28)23(25-13-24-22)30-12-21(29)27-18-9-15(2)7-16(3)10-18/h5-11,13H,12H2,1-4H3,(H,27,29). The minimum atomic E-state index is -0.0708. The molecular weight excluding hydrogens is 394 g/mol. The number of carbonyl (C=O) groups excluding carboxylic acids is 1. The molecule has 4 aromatic rings. The van der Waals surface area contributed by atoms with Gasteiger partial charge in [-0.3, -0.25) is 4.79 Å². The number of nitrogens with zero attached hydrogens (tertiary/aromatic N) is 4. The summed E-state index contributed by atoms with van der Waals surface area (Å²) < 4.78 is 1.82. The van der Waals surface area contributed by atoms with Crippen LogP contribution in [0.1, 0.15) is 22.3 Å². The van der Waals surface area contributed by atoms with Gasteiger partial charge in [0.1, 0.15) is 11.4 Å². The molecule has 0 saturated heterocycles. The Kier molecular flexibility index (Phi) is 5.55. The average molecular weight is 418 g/mol. The van der Waals surface area contributed by atoms with Crippen LogP contribution in [-0.2, 0) is 4.79 Å². The van der Waals surface area contributed by atoms with Crippen LogP contribution in [0.4, 0.5) is 5.69 Å². The first kappa shape index (κ1) is 20.1. The predicted molar refractivity (Wildman–Crippen MR) is 121 cm³/mol. The number of rotatable bonds is 5. The SMILES string of the molecule is Cc1cc(C)cc(NC(=O)CSc2ncnc3c2cnn3-c2ccc(C)cc2C)c1. The summed E-state index contributed by atoms with van der Waals surface area (Å²) in [7, 11) is 0. The highest BCUT2D eigenvalue weighted by atomic mass is 32.2. The number of aryl methyl sites for hydroxylation is 4. The molecule has 30 heavy (non-hydrogen) atoms. The van der Waals surface area contributed by atoms with Crippen LogP contribution in [0.5, 0.6) is 0 Å². The number of nitrogens with one attached hydrogen (secondary N) is 1. The number of hydrogen-bond donors (Lipinski definition) is 1. The summed E-state index contributed by atoms with van der Waals surface area (Å²) in [5.74, 6) is 0.187. The van der Waals surface area contributed by atoms with Crippen LogP contribution in [0.2, 0.25) is 0 Å². The molecule has 0 aliphatic carbocycles. The van der Waals surface area contributed by atoms with Gasteiger partial charge in [0.25, 0.3) is 0 Å². The Balaban J connectivity index is 1.54. The maximum atomic E-state index is 12.5. The third-order valence-corrected chi connectivity index (χ3v) is 5.76. The van der Waals surface area contributed by atoms with Gasteiger partial charge >= 0.3 is 0 Å². The van der Waals surface area contributed by atoms with Crippen molar-refractivity contribution in [2.24, 2.45) is 0 Å². The fourth-order valence-electron chi connectivity index (χ4n) is 3.53. The van der Waals surface area contributed by atoms with Gasteiger partial charge < -0.3 is 5.32 Å². The number of fused-ring (bicyclic) bond motifs is 1. The Labute approximate surface area is 179 Å². The lowest BCUT2D eigenvalue weighted by Crippen LogP contribution is -2.14. The number of carbonyl (C=O) groups is 1. The van der Waals surface area contributed by atoms with Crippen LogP contribution in [0.25, 0.3) is 16.7 Å². The molecule has 1 amide bonds. The van der Waals surface area contributed by atoms with E-state index in [0.717, 1.165) is 44.1 Å². The van der Waals surface area contributed by atoms with Gasteiger partial charge in [-0.15, -0.1) is 0 Å². The van der Waals surface area contributed by atoms with E-state index < -0.39 is 0 Å². The second-order valence-corrected chi connectivity index (χ2v) is 8.44. The first-order valence-electron chi connectivity index (χ1n) is 9.68. The van der Waals surface area contributed by atoms with Crippen molar-refractivity contribution >= 4 is 34.4 Å². The van der Waals surface area contributed by atoms with Gasteiger partial charge in [-0.2, -0.15) is 5.10 Å². The predicted octanol–water partition coefficient (Wildman–Crippen LogP) is 4.78. The molecule has 0 unspecified atom stereocenters. The minimum absolute atomic E-state index is 0.0708. The number of aromatic nitrogens is 4. The molecular formula is C23H23N5OS. The third kappa shape index (κ3) is 4.21. The van der Waals surface area contributed by atoms with E-state index in [1.807, 2.05) is 36.7 Å². The van der Waals surface area contributed by atoms with E-state index in [-0.39, 0.29) is 11.7 Å². The summed E-state index contributed by atoms with van der Waals surface area (Å²) >= 11 is 1.38. The molecule has 2 aromatic carbocycles. The van der Waals surface area contributed by atoms with Gasteiger partial charge in [0.2, 0.25) is 5.91 Å². The summed E-state index contributed by atoms with van der Waals surface area (Å²) in [5.41, 5.74) is 7.10. The maximum Gasteiger partial charge on any atom is 0.234 e. The van der Waals surface area contributed by atoms with E-state index in [1.165, 1.54) is 23.7 Å². The van der Waals surface area contributed by atoms with E-state index >= 15 is 0 Å². The van der Waals surface area contributed by atoms with Crippen LogP contribution < -0.4 is 5.32 Å². The van der Waals surface area contributed by atoms with Crippen molar-refractivity contribution in [1.29, 1.82) is 0 Å². The smallest absolute Gasteiger partial charge is 0.234 e. The normalized spacial score (nSPS) is 11.1. The molecule has 7 heteroatoms. The Hall–Kier alpha value is -3.19. The average Bonchev–Trinajstić information content (AvgIpc) is 3.10. The molecule has 6 nitrogen and oxygen atoms in total.